The van der Waals surface area contributed by atoms with Crippen LogP contribution in [-0.2, 0) is 15.0 Å². The van der Waals surface area contributed by atoms with Gasteiger partial charge in [0.1, 0.15) is 13.2 Å². The van der Waals surface area contributed by atoms with Gasteiger partial charge in [-0.2, -0.15) is 0 Å². The van der Waals surface area contributed by atoms with E-state index in [0.29, 0.717) is 32.6 Å². The third-order valence-corrected chi connectivity index (χ3v) is 7.81. The van der Waals surface area contributed by atoms with E-state index in [1.54, 1.807) is 0 Å². The van der Waals surface area contributed by atoms with Gasteiger partial charge in [-0.1, -0.05) is 19.3 Å². The lowest BCUT2D eigenvalue weighted by Gasteiger charge is -2.48. The highest BCUT2D eigenvalue weighted by atomic mass is 16.6. The van der Waals surface area contributed by atoms with Gasteiger partial charge >= 0.3 is 5.97 Å². The number of hydrogen-bond acceptors (Lipinski definition) is 4. The molecule has 2 fully saturated rings. The first-order valence-electron chi connectivity index (χ1n) is 10.9. The molecule has 1 N–H and O–H groups in total. The molecule has 1 aromatic carbocycles. The Hall–Kier alpha value is -2.24. The SMILES string of the molecule is CC1c2cc3c(cc2C2(CCCC2)CN1C(=O)CC1(C(=O)O)CCC1)OCCO3. The van der Waals surface area contributed by atoms with E-state index in [9.17, 15) is 14.7 Å². The third kappa shape index (κ3) is 2.82. The van der Waals surface area contributed by atoms with Crippen LogP contribution in [0.3, 0.4) is 0 Å². The van der Waals surface area contributed by atoms with E-state index in [1.807, 2.05) is 4.90 Å². The maximum Gasteiger partial charge on any atom is 0.310 e. The predicted molar refractivity (Wildman–Crippen MR) is 106 cm³/mol. The van der Waals surface area contributed by atoms with E-state index >= 15 is 0 Å². The molecule has 29 heavy (non-hydrogen) atoms. The van der Waals surface area contributed by atoms with Crippen molar-refractivity contribution >= 4 is 11.9 Å². The Morgan fingerprint density at radius 1 is 1.07 bits per heavy atom. The van der Waals surface area contributed by atoms with Crippen molar-refractivity contribution in [1.29, 1.82) is 0 Å². The van der Waals surface area contributed by atoms with Gasteiger partial charge in [0.05, 0.1) is 11.5 Å². The van der Waals surface area contributed by atoms with Crippen LogP contribution in [0.1, 0.15) is 75.5 Å². The highest BCUT2D eigenvalue weighted by Crippen LogP contribution is 2.53. The zero-order valence-electron chi connectivity index (χ0n) is 17.0. The number of benzene rings is 1. The second-order valence-electron chi connectivity index (χ2n) is 9.38. The molecule has 156 valence electrons. The summed E-state index contributed by atoms with van der Waals surface area (Å²) in [6.07, 6.45) is 6.65. The molecule has 2 aliphatic carbocycles. The number of aliphatic carboxylic acids is 1. The van der Waals surface area contributed by atoms with Crippen molar-refractivity contribution < 1.29 is 24.2 Å². The number of rotatable bonds is 3. The fraction of sp³-hybridized carbons (Fsp3) is 0.652. The first-order chi connectivity index (χ1) is 13.9. The summed E-state index contributed by atoms with van der Waals surface area (Å²) < 4.78 is 11.7. The van der Waals surface area contributed by atoms with Crippen molar-refractivity contribution in [3.63, 3.8) is 0 Å². The van der Waals surface area contributed by atoms with E-state index in [0.717, 1.165) is 49.2 Å². The van der Waals surface area contributed by atoms with E-state index < -0.39 is 11.4 Å². The van der Waals surface area contributed by atoms with Crippen LogP contribution >= 0.6 is 0 Å². The number of ether oxygens (including phenoxy) is 2. The standard InChI is InChI=1S/C23H29NO5/c1-15-16-11-18-19(29-10-9-28-18)12-17(16)23(5-2-3-6-23)14-24(15)20(25)13-22(21(26)27)7-4-8-22/h11-12,15H,2-10,13-14H2,1H3,(H,26,27). The van der Waals surface area contributed by atoms with E-state index in [-0.39, 0.29) is 23.8 Å². The monoisotopic (exact) mass is 399 g/mol. The van der Waals surface area contributed by atoms with Gasteiger partial charge in [-0.3, -0.25) is 9.59 Å². The molecule has 1 atom stereocenters. The highest BCUT2D eigenvalue weighted by Gasteiger charge is 2.50. The molecule has 2 aliphatic heterocycles. The Morgan fingerprint density at radius 3 is 2.31 bits per heavy atom. The van der Waals surface area contributed by atoms with Crippen LogP contribution < -0.4 is 9.47 Å². The van der Waals surface area contributed by atoms with Crippen molar-refractivity contribution in [2.45, 2.75) is 69.7 Å². The molecule has 6 nitrogen and oxygen atoms in total. The summed E-state index contributed by atoms with van der Waals surface area (Å²) >= 11 is 0. The topological polar surface area (TPSA) is 76.1 Å². The normalized spacial score (nSPS) is 26.0. The maximum absolute atomic E-state index is 13.4. The fourth-order valence-corrected chi connectivity index (χ4v) is 5.87. The Balaban J connectivity index is 1.51. The minimum atomic E-state index is -0.854. The Bertz CT molecular complexity index is 853. The Labute approximate surface area is 171 Å². The van der Waals surface area contributed by atoms with Crippen molar-refractivity contribution in [3.05, 3.63) is 23.3 Å². The second-order valence-corrected chi connectivity index (χ2v) is 9.38. The van der Waals surface area contributed by atoms with Crippen molar-refractivity contribution in [3.8, 4) is 11.5 Å². The predicted octanol–water partition coefficient (Wildman–Crippen LogP) is 3.82. The second kappa shape index (κ2) is 6.64. The molecule has 5 rings (SSSR count). The molecule has 0 saturated heterocycles. The lowest BCUT2D eigenvalue weighted by atomic mass is 9.66. The quantitative estimate of drug-likeness (QED) is 0.836. The van der Waals surface area contributed by atoms with E-state index in [1.165, 1.54) is 5.56 Å². The van der Waals surface area contributed by atoms with Gasteiger partial charge in [0, 0.05) is 18.4 Å². The number of amides is 1. The molecule has 0 bridgehead atoms. The first-order valence-corrected chi connectivity index (χ1v) is 10.9. The number of carboxylic acids is 1. The van der Waals surface area contributed by atoms with E-state index in [4.69, 9.17) is 9.47 Å². The summed E-state index contributed by atoms with van der Waals surface area (Å²) in [5.41, 5.74) is 1.52. The lowest BCUT2D eigenvalue weighted by molar-refractivity contribution is -0.160. The third-order valence-electron chi connectivity index (χ3n) is 7.81. The molecule has 0 aromatic heterocycles. The van der Waals surface area contributed by atoms with E-state index in [2.05, 4.69) is 19.1 Å². The van der Waals surface area contributed by atoms with Crippen LogP contribution in [0, 0.1) is 5.41 Å². The largest absolute Gasteiger partial charge is 0.486 e. The smallest absolute Gasteiger partial charge is 0.310 e. The Morgan fingerprint density at radius 2 is 1.72 bits per heavy atom. The Kier molecular flexibility index (Phi) is 4.30. The molecule has 1 aromatic rings. The van der Waals surface area contributed by atoms with Crippen LogP contribution in [-0.4, -0.2) is 41.6 Å². The van der Waals surface area contributed by atoms with Gasteiger partial charge in [0.2, 0.25) is 5.91 Å². The molecule has 4 aliphatic rings. The number of carbonyl (C=O) groups excluding carboxylic acids is 1. The van der Waals surface area contributed by atoms with Gasteiger partial charge in [0.25, 0.3) is 0 Å². The molecule has 1 spiro atoms. The average molecular weight is 399 g/mol. The maximum atomic E-state index is 13.4. The minimum absolute atomic E-state index is 0.0218. The average Bonchev–Trinajstić information content (AvgIpc) is 3.15. The number of carbonyl (C=O) groups is 2. The van der Waals surface area contributed by atoms with Crippen LogP contribution in [0.4, 0.5) is 0 Å². The summed E-state index contributed by atoms with van der Waals surface area (Å²) in [7, 11) is 0. The summed E-state index contributed by atoms with van der Waals surface area (Å²) in [5, 5.41) is 9.69. The molecule has 2 heterocycles. The number of fused-ring (bicyclic) bond motifs is 3. The van der Waals surface area contributed by atoms with Gasteiger partial charge in [0.15, 0.2) is 11.5 Å². The first kappa shape index (κ1) is 18.8. The molecular weight excluding hydrogens is 370 g/mol. The highest BCUT2D eigenvalue weighted by molar-refractivity contribution is 5.86. The van der Waals surface area contributed by atoms with Crippen molar-refractivity contribution in [1.82, 2.24) is 4.90 Å². The zero-order chi connectivity index (χ0) is 20.2. The number of hydrogen-bond donors (Lipinski definition) is 1. The summed E-state index contributed by atoms with van der Waals surface area (Å²) in [6.45, 7) is 3.84. The summed E-state index contributed by atoms with van der Waals surface area (Å²) in [4.78, 5) is 27.1. The van der Waals surface area contributed by atoms with Crippen molar-refractivity contribution in [2.24, 2.45) is 5.41 Å². The van der Waals surface area contributed by atoms with Crippen LogP contribution in [0.15, 0.2) is 12.1 Å². The van der Waals surface area contributed by atoms with Gasteiger partial charge in [-0.15, -0.1) is 0 Å². The molecular formula is C23H29NO5. The summed E-state index contributed by atoms with van der Waals surface area (Å²) in [6, 6.07) is 4.12. The van der Waals surface area contributed by atoms with Crippen LogP contribution in [0.5, 0.6) is 11.5 Å². The summed E-state index contributed by atoms with van der Waals surface area (Å²) in [5.74, 6) is 0.724. The lowest BCUT2D eigenvalue weighted by Crippen LogP contribution is -2.51. The minimum Gasteiger partial charge on any atom is -0.486 e. The number of nitrogens with zero attached hydrogens (tertiary/aromatic N) is 1. The zero-order valence-corrected chi connectivity index (χ0v) is 17.0. The van der Waals surface area contributed by atoms with Crippen LogP contribution in [0.2, 0.25) is 0 Å². The molecule has 6 heteroatoms. The molecule has 2 saturated carbocycles. The van der Waals surface area contributed by atoms with Gasteiger partial charge in [-0.05, 0) is 55.9 Å². The fourth-order valence-electron chi connectivity index (χ4n) is 5.87. The molecule has 1 unspecified atom stereocenters. The van der Waals surface area contributed by atoms with Gasteiger partial charge < -0.3 is 19.5 Å². The van der Waals surface area contributed by atoms with Gasteiger partial charge in [-0.25, -0.2) is 0 Å². The molecule has 1 amide bonds. The van der Waals surface area contributed by atoms with Crippen LogP contribution in [0.25, 0.3) is 0 Å². The number of carboxylic acid groups (broad SMARTS) is 1. The van der Waals surface area contributed by atoms with Crippen molar-refractivity contribution in [2.75, 3.05) is 19.8 Å². The molecule has 0 radical (unpaired) electrons.